The third-order valence-corrected chi connectivity index (χ3v) is 6.58. The standard InChI is InChI=1S/C21H24N4O2S2/c1-2-20-23-17(14-29-20)11-24-6-8-25(9-7-24)21(26)16-4-3-5-19(10-16)27-12-18-13-28-15-22-18/h3-5,10,13-15H,2,6-9,11-12H2,1H3. The zero-order chi connectivity index (χ0) is 20.1. The predicted octanol–water partition coefficient (Wildman–Crippen LogP) is 3.70. The van der Waals surface area contributed by atoms with Crippen molar-refractivity contribution in [3.8, 4) is 5.75 Å². The Hall–Kier alpha value is -2.29. The molecular formula is C21H24N4O2S2. The zero-order valence-corrected chi connectivity index (χ0v) is 18.0. The first-order valence-electron chi connectivity index (χ1n) is 9.76. The number of carbonyl (C=O) groups is 1. The summed E-state index contributed by atoms with van der Waals surface area (Å²) < 4.78 is 5.78. The molecule has 1 aliphatic heterocycles. The highest BCUT2D eigenvalue weighted by Gasteiger charge is 2.23. The number of carbonyl (C=O) groups excluding carboxylic acids is 1. The van der Waals surface area contributed by atoms with E-state index in [9.17, 15) is 4.79 Å². The number of thiazole rings is 2. The van der Waals surface area contributed by atoms with Crippen LogP contribution in [0.15, 0.2) is 40.5 Å². The van der Waals surface area contributed by atoms with E-state index in [0.29, 0.717) is 17.9 Å². The molecule has 6 nitrogen and oxygen atoms in total. The van der Waals surface area contributed by atoms with Gasteiger partial charge in [-0.1, -0.05) is 13.0 Å². The van der Waals surface area contributed by atoms with Gasteiger partial charge in [0, 0.05) is 49.0 Å². The Morgan fingerprint density at radius 3 is 2.76 bits per heavy atom. The van der Waals surface area contributed by atoms with Crippen LogP contribution in [0.5, 0.6) is 5.75 Å². The summed E-state index contributed by atoms with van der Waals surface area (Å²) in [6, 6.07) is 7.42. The van der Waals surface area contributed by atoms with Gasteiger partial charge in [0.05, 0.1) is 21.9 Å². The molecule has 0 aliphatic carbocycles. The average Bonchev–Trinajstić information content (AvgIpc) is 3.44. The molecule has 3 aromatic rings. The van der Waals surface area contributed by atoms with Gasteiger partial charge >= 0.3 is 0 Å². The number of ether oxygens (including phenoxy) is 1. The molecule has 0 N–H and O–H groups in total. The zero-order valence-electron chi connectivity index (χ0n) is 16.4. The van der Waals surface area contributed by atoms with E-state index in [0.717, 1.165) is 50.5 Å². The van der Waals surface area contributed by atoms with Crippen molar-refractivity contribution in [1.29, 1.82) is 0 Å². The molecule has 0 saturated carbocycles. The molecule has 0 unspecified atom stereocenters. The van der Waals surface area contributed by atoms with Crippen molar-refractivity contribution < 1.29 is 9.53 Å². The van der Waals surface area contributed by atoms with Crippen LogP contribution in [-0.2, 0) is 19.6 Å². The molecule has 1 fully saturated rings. The molecule has 0 atom stereocenters. The number of hydrogen-bond acceptors (Lipinski definition) is 7. The molecular weight excluding hydrogens is 404 g/mol. The highest BCUT2D eigenvalue weighted by Crippen LogP contribution is 2.18. The summed E-state index contributed by atoms with van der Waals surface area (Å²) in [5.41, 5.74) is 4.49. The quantitative estimate of drug-likeness (QED) is 0.574. The summed E-state index contributed by atoms with van der Waals surface area (Å²) in [4.78, 5) is 26.1. The number of rotatable bonds is 7. The maximum Gasteiger partial charge on any atom is 0.254 e. The van der Waals surface area contributed by atoms with Crippen molar-refractivity contribution in [2.24, 2.45) is 0 Å². The minimum absolute atomic E-state index is 0.0608. The van der Waals surface area contributed by atoms with Gasteiger partial charge in [-0.3, -0.25) is 9.69 Å². The van der Waals surface area contributed by atoms with E-state index in [-0.39, 0.29) is 5.91 Å². The van der Waals surface area contributed by atoms with Gasteiger partial charge < -0.3 is 9.64 Å². The second-order valence-electron chi connectivity index (χ2n) is 6.95. The lowest BCUT2D eigenvalue weighted by atomic mass is 10.1. The first-order valence-corrected chi connectivity index (χ1v) is 11.6. The highest BCUT2D eigenvalue weighted by molar-refractivity contribution is 7.09. The Bertz CT molecular complexity index is 934. The number of aryl methyl sites for hydroxylation is 1. The van der Waals surface area contributed by atoms with Crippen LogP contribution in [0.25, 0.3) is 0 Å². The molecule has 152 valence electrons. The van der Waals surface area contributed by atoms with E-state index in [1.165, 1.54) is 5.01 Å². The van der Waals surface area contributed by atoms with Gasteiger partial charge in [-0.25, -0.2) is 9.97 Å². The average molecular weight is 429 g/mol. The van der Waals surface area contributed by atoms with Crippen molar-refractivity contribution in [1.82, 2.24) is 19.8 Å². The van der Waals surface area contributed by atoms with Gasteiger partial charge in [-0.15, -0.1) is 22.7 Å². The Balaban J connectivity index is 1.30. The predicted molar refractivity (Wildman–Crippen MR) is 116 cm³/mol. The Morgan fingerprint density at radius 1 is 1.17 bits per heavy atom. The first kappa shape index (κ1) is 20.0. The van der Waals surface area contributed by atoms with Crippen molar-refractivity contribution in [2.45, 2.75) is 26.5 Å². The fraction of sp³-hybridized carbons (Fsp3) is 0.381. The summed E-state index contributed by atoms with van der Waals surface area (Å²) in [6.07, 6.45) is 0.986. The van der Waals surface area contributed by atoms with E-state index >= 15 is 0 Å². The van der Waals surface area contributed by atoms with Crippen LogP contribution in [0.3, 0.4) is 0 Å². The van der Waals surface area contributed by atoms with E-state index in [1.807, 2.05) is 34.5 Å². The van der Waals surface area contributed by atoms with E-state index < -0.39 is 0 Å². The number of benzene rings is 1. The summed E-state index contributed by atoms with van der Waals surface area (Å²) in [6.45, 7) is 6.59. The molecule has 29 heavy (non-hydrogen) atoms. The first-order chi connectivity index (χ1) is 14.2. The van der Waals surface area contributed by atoms with Gasteiger partial charge in [0.15, 0.2) is 0 Å². The third kappa shape index (κ3) is 5.20. The van der Waals surface area contributed by atoms with Gasteiger partial charge in [0.25, 0.3) is 5.91 Å². The lowest BCUT2D eigenvalue weighted by Crippen LogP contribution is -2.48. The maximum atomic E-state index is 12.9. The summed E-state index contributed by atoms with van der Waals surface area (Å²) in [5, 5.41) is 5.29. The van der Waals surface area contributed by atoms with Crippen LogP contribution in [0.2, 0.25) is 0 Å². The molecule has 1 aliphatic rings. The smallest absolute Gasteiger partial charge is 0.254 e. The summed E-state index contributed by atoms with van der Waals surface area (Å²) in [5.74, 6) is 0.753. The summed E-state index contributed by atoms with van der Waals surface area (Å²) in [7, 11) is 0. The van der Waals surface area contributed by atoms with Crippen LogP contribution in [-0.4, -0.2) is 51.9 Å². The molecule has 4 rings (SSSR count). The molecule has 2 aromatic heterocycles. The van der Waals surface area contributed by atoms with Crippen molar-refractivity contribution >= 4 is 28.6 Å². The van der Waals surface area contributed by atoms with Crippen LogP contribution in [0.4, 0.5) is 0 Å². The fourth-order valence-electron chi connectivity index (χ4n) is 3.29. The number of hydrogen-bond donors (Lipinski definition) is 0. The number of nitrogens with zero attached hydrogens (tertiary/aromatic N) is 4. The second-order valence-corrected chi connectivity index (χ2v) is 8.61. The van der Waals surface area contributed by atoms with E-state index in [4.69, 9.17) is 4.74 Å². The SMILES string of the molecule is CCc1nc(CN2CCN(C(=O)c3cccc(OCc4cscn4)c3)CC2)cs1. The Morgan fingerprint density at radius 2 is 2.03 bits per heavy atom. The lowest BCUT2D eigenvalue weighted by molar-refractivity contribution is 0.0627. The van der Waals surface area contributed by atoms with Crippen LogP contribution < -0.4 is 4.74 Å². The largest absolute Gasteiger partial charge is 0.487 e. The van der Waals surface area contributed by atoms with Gasteiger partial charge in [-0.2, -0.15) is 0 Å². The van der Waals surface area contributed by atoms with Crippen LogP contribution >= 0.6 is 22.7 Å². The molecule has 1 saturated heterocycles. The molecule has 0 spiro atoms. The van der Waals surface area contributed by atoms with Crippen molar-refractivity contribution in [2.75, 3.05) is 26.2 Å². The Labute approximate surface area is 178 Å². The van der Waals surface area contributed by atoms with Crippen molar-refractivity contribution in [3.05, 3.63) is 62.5 Å². The summed E-state index contributed by atoms with van der Waals surface area (Å²) >= 11 is 3.27. The number of piperazine rings is 1. The molecule has 1 aromatic carbocycles. The molecule has 0 radical (unpaired) electrons. The maximum absolute atomic E-state index is 12.9. The van der Waals surface area contributed by atoms with Crippen LogP contribution in [0, 0.1) is 0 Å². The van der Waals surface area contributed by atoms with E-state index in [1.54, 1.807) is 28.2 Å². The molecule has 0 bridgehead atoms. The number of aromatic nitrogens is 2. The fourth-order valence-corrected chi connectivity index (χ4v) is 4.57. The van der Waals surface area contributed by atoms with E-state index in [2.05, 4.69) is 27.2 Å². The van der Waals surface area contributed by atoms with Gasteiger partial charge in [0.1, 0.15) is 12.4 Å². The highest BCUT2D eigenvalue weighted by atomic mass is 32.1. The minimum Gasteiger partial charge on any atom is -0.487 e. The van der Waals surface area contributed by atoms with Gasteiger partial charge in [0.2, 0.25) is 0 Å². The number of amides is 1. The third-order valence-electron chi connectivity index (χ3n) is 4.90. The van der Waals surface area contributed by atoms with Crippen molar-refractivity contribution in [3.63, 3.8) is 0 Å². The topological polar surface area (TPSA) is 58.6 Å². The monoisotopic (exact) mass is 428 g/mol. The van der Waals surface area contributed by atoms with Crippen LogP contribution in [0.1, 0.15) is 33.7 Å². The molecule has 8 heteroatoms. The second kappa shape index (κ2) is 9.47. The normalized spacial score (nSPS) is 14.9. The Kier molecular flexibility index (Phi) is 6.53. The minimum atomic E-state index is 0.0608. The van der Waals surface area contributed by atoms with Gasteiger partial charge in [-0.05, 0) is 24.6 Å². The molecule has 3 heterocycles. The lowest BCUT2D eigenvalue weighted by Gasteiger charge is -2.34. The molecule has 1 amide bonds.